The lowest BCUT2D eigenvalue weighted by Gasteiger charge is -2.19. The van der Waals surface area contributed by atoms with E-state index in [-0.39, 0.29) is 30.0 Å². The summed E-state index contributed by atoms with van der Waals surface area (Å²) in [4.78, 5) is 16.2. The van der Waals surface area contributed by atoms with Gasteiger partial charge in [0.05, 0.1) is 12.2 Å². The Morgan fingerprint density at radius 2 is 2.07 bits per heavy atom. The van der Waals surface area contributed by atoms with Gasteiger partial charge in [-0.2, -0.15) is 9.59 Å². The molecule has 1 aliphatic carbocycles. The SMILES string of the molecule is CC#CC[C@@H](C)[C@H](O)/C=C/[C@@H]1[C@H]2c3cccc(CC)c3O[C@H]2C[C@H]1O.O=C=O. The molecule has 6 atom stereocenters. The fourth-order valence-electron chi connectivity index (χ4n) is 4.06. The van der Waals surface area contributed by atoms with Crippen molar-refractivity contribution >= 4 is 6.15 Å². The molecule has 0 radical (unpaired) electrons. The molecule has 0 saturated heterocycles. The Balaban J connectivity index is 0.000000878. The van der Waals surface area contributed by atoms with Crippen molar-refractivity contribution in [3.63, 3.8) is 0 Å². The molecule has 0 unspecified atom stereocenters. The van der Waals surface area contributed by atoms with Gasteiger partial charge < -0.3 is 14.9 Å². The maximum Gasteiger partial charge on any atom is 0.373 e. The maximum atomic E-state index is 10.5. The van der Waals surface area contributed by atoms with E-state index < -0.39 is 12.2 Å². The molecule has 150 valence electrons. The quantitative estimate of drug-likeness (QED) is 0.602. The summed E-state index contributed by atoms with van der Waals surface area (Å²) in [5, 5.41) is 20.8. The van der Waals surface area contributed by atoms with Crippen LogP contribution in [0, 0.1) is 23.7 Å². The molecule has 1 fully saturated rings. The fraction of sp³-hybridized carbons (Fsp3) is 0.522. The van der Waals surface area contributed by atoms with E-state index in [4.69, 9.17) is 14.3 Å². The van der Waals surface area contributed by atoms with Crippen LogP contribution in [0.2, 0.25) is 0 Å². The standard InChI is InChI=1S/C22H28O3.CO2/c1-4-6-8-14(3)18(23)12-11-16-19(24)13-20-21(16)17-10-7-9-15(5-2)22(17)25-20;2-1-3/h7,9-12,14,16,18-21,23-24H,5,8,13H2,1-3H3;/b12-11+;/t14-,16+,18-,19-,20+,21+;/m1./s1. The molecule has 0 bridgehead atoms. The maximum absolute atomic E-state index is 10.5. The predicted octanol–water partition coefficient (Wildman–Crippen LogP) is 2.86. The van der Waals surface area contributed by atoms with Crippen LogP contribution in [0.5, 0.6) is 5.75 Å². The highest BCUT2D eigenvalue weighted by atomic mass is 16.5. The largest absolute Gasteiger partial charge is 0.489 e. The Bertz CT molecular complexity index is 782. The first kappa shape index (κ1) is 21.9. The van der Waals surface area contributed by atoms with Crippen molar-refractivity contribution < 1.29 is 24.5 Å². The van der Waals surface area contributed by atoms with Gasteiger partial charge in [-0.25, -0.2) is 0 Å². The van der Waals surface area contributed by atoms with Crippen LogP contribution < -0.4 is 4.74 Å². The van der Waals surface area contributed by atoms with Crippen LogP contribution in [0.15, 0.2) is 30.4 Å². The minimum atomic E-state index is -0.545. The molecule has 0 aromatic heterocycles. The molecule has 1 aromatic rings. The molecular formula is C23H28O5. The smallest absolute Gasteiger partial charge is 0.373 e. The lowest BCUT2D eigenvalue weighted by atomic mass is 9.86. The summed E-state index contributed by atoms with van der Waals surface area (Å²) < 4.78 is 6.19. The molecule has 1 heterocycles. The molecule has 0 spiro atoms. The molecule has 2 N–H and O–H groups in total. The van der Waals surface area contributed by atoms with Crippen molar-refractivity contribution in [3.05, 3.63) is 41.5 Å². The van der Waals surface area contributed by atoms with Gasteiger partial charge >= 0.3 is 6.15 Å². The highest BCUT2D eigenvalue weighted by Gasteiger charge is 2.48. The molecule has 1 aromatic carbocycles. The average Bonchev–Trinajstić information content (AvgIpc) is 3.19. The number of benzene rings is 1. The van der Waals surface area contributed by atoms with E-state index in [0.717, 1.165) is 12.2 Å². The number of hydrogen-bond acceptors (Lipinski definition) is 5. The third-order valence-electron chi connectivity index (χ3n) is 5.58. The number of aliphatic hydroxyl groups is 2. The molecule has 1 aliphatic heterocycles. The van der Waals surface area contributed by atoms with Gasteiger partial charge in [-0.3, -0.25) is 0 Å². The summed E-state index contributed by atoms with van der Waals surface area (Å²) in [6.07, 6.45) is 5.40. The molecule has 1 saturated carbocycles. The third-order valence-corrected chi connectivity index (χ3v) is 5.58. The van der Waals surface area contributed by atoms with Gasteiger partial charge in [-0.05, 0) is 24.8 Å². The number of rotatable bonds is 5. The summed E-state index contributed by atoms with van der Waals surface area (Å²) in [5.41, 5.74) is 2.44. The second-order valence-corrected chi connectivity index (χ2v) is 7.32. The molecule has 5 heteroatoms. The van der Waals surface area contributed by atoms with Crippen molar-refractivity contribution in [2.24, 2.45) is 11.8 Å². The van der Waals surface area contributed by atoms with Gasteiger partial charge in [0.15, 0.2) is 0 Å². The van der Waals surface area contributed by atoms with Gasteiger partial charge in [0.1, 0.15) is 11.9 Å². The van der Waals surface area contributed by atoms with Crippen LogP contribution in [-0.2, 0) is 16.0 Å². The van der Waals surface area contributed by atoms with Crippen LogP contribution in [0.3, 0.4) is 0 Å². The number of aliphatic hydroxyl groups excluding tert-OH is 2. The first-order chi connectivity index (χ1) is 13.5. The van der Waals surface area contributed by atoms with Crippen LogP contribution in [0.25, 0.3) is 0 Å². The second kappa shape index (κ2) is 10.2. The molecule has 0 amide bonds. The topological polar surface area (TPSA) is 83.8 Å². The summed E-state index contributed by atoms with van der Waals surface area (Å²) in [6, 6.07) is 6.31. The van der Waals surface area contributed by atoms with E-state index in [0.29, 0.717) is 12.8 Å². The number of ether oxygens (including phenoxy) is 1. The van der Waals surface area contributed by atoms with E-state index in [1.54, 1.807) is 0 Å². The zero-order chi connectivity index (χ0) is 20.7. The number of para-hydroxylation sites is 1. The zero-order valence-corrected chi connectivity index (χ0v) is 16.6. The van der Waals surface area contributed by atoms with E-state index in [1.807, 2.05) is 26.0 Å². The first-order valence-electron chi connectivity index (χ1n) is 9.70. The molecule has 5 nitrogen and oxygen atoms in total. The molecule has 28 heavy (non-hydrogen) atoms. The number of hydrogen-bond donors (Lipinski definition) is 2. The van der Waals surface area contributed by atoms with Gasteiger partial charge in [-0.1, -0.05) is 44.2 Å². The van der Waals surface area contributed by atoms with Crippen molar-refractivity contribution in [1.29, 1.82) is 0 Å². The first-order valence-corrected chi connectivity index (χ1v) is 9.70. The van der Waals surface area contributed by atoms with Crippen molar-refractivity contribution in [1.82, 2.24) is 0 Å². The Morgan fingerprint density at radius 3 is 2.71 bits per heavy atom. The number of carbonyl (C=O) groups excluding carboxylic acids is 2. The Kier molecular flexibility index (Phi) is 8.02. The fourth-order valence-corrected chi connectivity index (χ4v) is 4.06. The van der Waals surface area contributed by atoms with Gasteiger partial charge in [0.2, 0.25) is 0 Å². The minimum Gasteiger partial charge on any atom is -0.489 e. The van der Waals surface area contributed by atoms with E-state index >= 15 is 0 Å². The average molecular weight is 384 g/mol. The molecular weight excluding hydrogens is 356 g/mol. The van der Waals surface area contributed by atoms with E-state index in [2.05, 4.69) is 37.0 Å². The van der Waals surface area contributed by atoms with Crippen LogP contribution in [0.1, 0.15) is 50.7 Å². The Morgan fingerprint density at radius 1 is 1.36 bits per heavy atom. The van der Waals surface area contributed by atoms with Crippen LogP contribution in [0.4, 0.5) is 0 Å². The van der Waals surface area contributed by atoms with Crippen LogP contribution >= 0.6 is 0 Å². The Labute approximate surface area is 166 Å². The normalized spacial score (nSPS) is 26.6. The monoisotopic (exact) mass is 384 g/mol. The van der Waals surface area contributed by atoms with Crippen molar-refractivity contribution in [2.45, 2.75) is 64.3 Å². The van der Waals surface area contributed by atoms with Crippen LogP contribution in [-0.4, -0.2) is 34.7 Å². The number of aryl methyl sites for hydroxylation is 1. The zero-order valence-electron chi connectivity index (χ0n) is 16.6. The highest BCUT2D eigenvalue weighted by Crippen LogP contribution is 2.51. The minimum absolute atomic E-state index is 0.0162. The van der Waals surface area contributed by atoms with Crippen molar-refractivity contribution in [3.8, 4) is 17.6 Å². The van der Waals surface area contributed by atoms with Gasteiger partial charge in [0.25, 0.3) is 0 Å². The van der Waals surface area contributed by atoms with Gasteiger partial charge in [-0.15, -0.1) is 11.8 Å². The lowest BCUT2D eigenvalue weighted by molar-refractivity contribution is -0.191. The third kappa shape index (κ3) is 4.72. The second-order valence-electron chi connectivity index (χ2n) is 7.32. The summed E-state index contributed by atoms with van der Waals surface area (Å²) in [7, 11) is 0. The van der Waals surface area contributed by atoms with Crippen molar-refractivity contribution in [2.75, 3.05) is 0 Å². The summed E-state index contributed by atoms with van der Waals surface area (Å²) in [6.45, 7) is 5.94. The molecule has 2 aliphatic rings. The molecule has 3 rings (SSSR count). The highest BCUT2D eigenvalue weighted by molar-refractivity contribution is 5.49. The lowest BCUT2D eigenvalue weighted by Crippen LogP contribution is -2.19. The van der Waals surface area contributed by atoms with Gasteiger partial charge in [0, 0.05) is 30.2 Å². The Hall–Kier alpha value is -2.38. The van der Waals surface area contributed by atoms with E-state index in [1.165, 1.54) is 11.1 Å². The summed E-state index contributed by atoms with van der Waals surface area (Å²) in [5.74, 6) is 7.13. The van der Waals surface area contributed by atoms with E-state index in [9.17, 15) is 10.2 Å². The number of fused-ring (bicyclic) bond motifs is 3. The predicted molar refractivity (Wildman–Crippen MR) is 104 cm³/mol. The summed E-state index contributed by atoms with van der Waals surface area (Å²) >= 11 is 0.